The molecule has 0 aromatic carbocycles. The van der Waals surface area contributed by atoms with Crippen LogP contribution in [0.5, 0.6) is 0 Å². The highest BCUT2D eigenvalue weighted by Crippen LogP contribution is 2.37. The third kappa shape index (κ3) is 3.76. The molecule has 1 fully saturated rings. The minimum atomic E-state index is 0.0605. The van der Waals surface area contributed by atoms with Crippen molar-refractivity contribution in [2.75, 3.05) is 18.4 Å². The maximum absolute atomic E-state index is 12.3. The average molecular weight is 332 g/mol. The van der Waals surface area contributed by atoms with Gasteiger partial charge in [-0.25, -0.2) is 0 Å². The van der Waals surface area contributed by atoms with Crippen LogP contribution in [0.2, 0.25) is 0 Å². The fraction of sp³-hybridized carbons (Fsp3) is 0.667. The standard InChI is InChI=1S/C18H25N3OS/c1-13-6-4-5-10-21(13)11-9-17(22)20-18-15(12-19)14-7-2-3-8-16(14)23-18/h13H,2-11H2,1H3,(H,20,22)/p+1/t13-/m0/s1. The van der Waals surface area contributed by atoms with E-state index < -0.39 is 0 Å². The fourth-order valence-electron chi connectivity index (χ4n) is 3.86. The summed E-state index contributed by atoms with van der Waals surface area (Å²) in [5.74, 6) is 0.0605. The van der Waals surface area contributed by atoms with E-state index in [0.29, 0.717) is 12.5 Å². The molecule has 3 rings (SSSR count). The number of carbonyl (C=O) groups is 1. The molecule has 1 aliphatic carbocycles. The molecule has 1 aromatic rings. The first-order valence-electron chi connectivity index (χ1n) is 8.88. The molecule has 1 aliphatic heterocycles. The number of quaternary nitrogens is 1. The highest BCUT2D eigenvalue weighted by atomic mass is 32.1. The van der Waals surface area contributed by atoms with Gasteiger partial charge >= 0.3 is 0 Å². The Hall–Kier alpha value is -1.38. The summed E-state index contributed by atoms with van der Waals surface area (Å²) >= 11 is 1.62. The van der Waals surface area contributed by atoms with E-state index in [9.17, 15) is 10.1 Å². The Morgan fingerprint density at radius 1 is 1.35 bits per heavy atom. The van der Waals surface area contributed by atoms with Crippen LogP contribution in [0, 0.1) is 11.3 Å². The van der Waals surface area contributed by atoms with E-state index in [2.05, 4.69) is 18.3 Å². The van der Waals surface area contributed by atoms with Crippen LogP contribution >= 0.6 is 11.3 Å². The molecule has 0 bridgehead atoms. The van der Waals surface area contributed by atoms with Crippen LogP contribution in [0.1, 0.15) is 61.5 Å². The molecule has 124 valence electrons. The summed E-state index contributed by atoms with van der Waals surface area (Å²) in [5.41, 5.74) is 1.91. The Kier molecular flexibility index (Phi) is 5.34. The van der Waals surface area contributed by atoms with E-state index in [4.69, 9.17) is 0 Å². The molecule has 4 nitrogen and oxygen atoms in total. The van der Waals surface area contributed by atoms with Crippen molar-refractivity contribution in [2.24, 2.45) is 0 Å². The number of aryl methyl sites for hydroxylation is 1. The number of nitrogens with one attached hydrogen (secondary N) is 2. The van der Waals surface area contributed by atoms with Crippen molar-refractivity contribution in [2.45, 2.75) is 64.3 Å². The number of rotatable bonds is 4. The summed E-state index contributed by atoms with van der Waals surface area (Å²) in [6.07, 6.45) is 8.81. The van der Waals surface area contributed by atoms with E-state index in [-0.39, 0.29) is 5.91 Å². The van der Waals surface area contributed by atoms with E-state index in [1.54, 1.807) is 16.2 Å². The number of piperidine rings is 1. The fourth-order valence-corrected chi connectivity index (χ4v) is 5.12. The average Bonchev–Trinajstić information content (AvgIpc) is 2.91. The smallest absolute Gasteiger partial charge is 0.230 e. The molecule has 0 radical (unpaired) electrons. The number of nitriles is 1. The van der Waals surface area contributed by atoms with E-state index in [0.717, 1.165) is 36.4 Å². The molecule has 2 aliphatic rings. The van der Waals surface area contributed by atoms with Gasteiger partial charge in [-0.1, -0.05) is 0 Å². The molecule has 1 unspecified atom stereocenters. The first-order chi connectivity index (χ1) is 11.2. The monoisotopic (exact) mass is 332 g/mol. The Morgan fingerprint density at radius 3 is 2.96 bits per heavy atom. The molecule has 2 N–H and O–H groups in total. The maximum Gasteiger partial charge on any atom is 0.230 e. The Bertz CT molecular complexity index is 617. The lowest BCUT2D eigenvalue weighted by Gasteiger charge is -2.29. The zero-order valence-corrected chi connectivity index (χ0v) is 14.7. The van der Waals surface area contributed by atoms with Crippen molar-refractivity contribution >= 4 is 22.2 Å². The first-order valence-corrected chi connectivity index (χ1v) is 9.69. The third-order valence-corrected chi connectivity index (χ3v) is 6.50. The number of anilines is 1. The van der Waals surface area contributed by atoms with Crippen molar-refractivity contribution in [1.82, 2.24) is 0 Å². The second-order valence-corrected chi connectivity index (χ2v) is 7.99. The Labute approximate surface area is 142 Å². The van der Waals surface area contributed by atoms with Crippen molar-refractivity contribution in [3.8, 4) is 6.07 Å². The molecule has 5 heteroatoms. The first kappa shape index (κ1) is 16.5. The van der Waals surface area contributed by atoms with Gasteiger partial charge in [0.1, 0.15) is 11.1 Å². The summed E-state index contributed by atoms with van der Waals surface area (Å²) < 4.78 is 0. The van der Waals surface area contributed by atoms with Crippen LogP contribution in [-0.2, 0) is 17.6 Å². The minimum absolute atomic E-state index is 0.0605. The molecule has 0 spiro atoms. The van der Waals surface area contributed by atoms with E-state index >= 15 is 0 Å². The predicted octanol–water partition coefficient (Wildman–Crippen LogP) is 2.28. The molecule has 1 aromatic heterocycles. The molecule has 23 heavy (non-hydrogen) atoms. The van der Waals surface area contributed by atoms with Crippen LogP contribution in [0.3, 0.4) is 0 Å². The lowest BCUT2D eigenvalue weighted by Crippen LogP contribution is -3.16. The van der Waals surface area contributed by atoms with Crippen LogP contribution < -0.4 is 10.2 Å². The Morgan fingerprint density at radius 2 is 2.17 bits per heavy atom. The van der Waals surface area contributed by atoms with Crippen molar-refractivity contribution in [1.29, 1.82) is 5.26 Å². The summed E-state index contributed by atoms with van der Waals surface area (Å²) in [6, 6.07) is 2.98. The molecule has 1 amide bonds. The number of hydrogen-bond donors (Lipinski definition) is 2. The van der Waals surface area contributed by atoms with Gasteiger partial charge in [0, 0.05) is 4.88 Å². The zero-order chi connectivity index (χ0) is 16.2. The van der Waals surface area contributed by atoms with Gasteiger partial charge in [0.05, 0.1) is 31.1 Å². The molecule has 2 atom stereocenters. The number of amides is 1. The molecular weight excluding hydrogens is 306 g/mol. The number of hydrogen-bond acceptors (Lipinski definition) is 3. The molecular formula is C18H26N3OS+. The third-order valence-electron chi connectivity index (χ3n) is 5.29. The van der Waals surface area contributed by atoms with Crippen LogP contribution in [0.15, 0.2) is 0 Å². The van der Waals surface area contributed by atoms with Gasteiger partial charge in [0.2, 0.25) is 5.91 Å². The normalized spacial score (nSPS) is 23.8. The van der Waals surface area contributed by atoms with Gasteiger partial charge in [-0.15, -0.1) is 11.3 Å². The lowest BCUT2D eigenvalue weighted by molar-refractivity contribution is -0.928. The van der Waals surface area contributed by atoms with E-state index in [1.807, 2.05) is 0 Å². The zero-order valence-electron chi connectivity index (χ0n) is 13.9. The second kappa shape index (κ2) is 7.46. The van der Waals surface area contributed by atoms with Crippen molar-refractivity contribution < 1.29 is 9.69 Å². The summed E-state index contributed by atoms with van der Waals surface area (Å²) in [6.45, 7) is 4.37. The minimum Gasteiger partial charge on any atom is -0.332 e. The quantitative estimate of drug-likeness (QED) is 0.889. The summed E-state index contributed by atoms with van der Waals surface area (Å²) in [4.78, 5) is 15.2. The lowest BCUT2D eigenvalue weighted by atomic mass is 9.96. The van der Waals surface area contributed by atoms with Crippen molar-refractivity contribution in [3.05, 3.63) is 16.0 Å². The largest absolute Gasteiger partial charge is 0.332 e. The maximum atomic E-state index is 12.3. The predicted molar refractivity (Wildman–Crippen MR) is 92.9 cm³/mol. The van der Waals surface area contributed by atoms with Crippen LogP contribution in [-0.4, -0.2) is 25.0 Å². The van der Waals surface area contributed by atoms with E-state index in [1.165, 1.54) is 42.7 Å². The van der Waals surface area contributed by atoms with Crippen molar-refractivity contribution in [3.63, 3.8) is 0 Å². The second-order valence-electron chi connectivity index (χ2n) is 6.88. The number of thiophene rings is 1. The van der Waals surface area contributed by atoms with Gasteiger partial charge in [-0.05, 0) is 57.4 Å². The van der Waals surface area contributed by atoms with Gasteiger partial charge < -0.3 is 10.2 Å². The number of nitrogens with zero attached hydrogens (tertiary/aromatic N) is 1. The van der Waals surface area contributed by atoms with Gasteiger partial charge in [0.25, 0.3) is 0 Å². The topological polar surface area (TPSA) is 57.3 Å². The number of likely N-dealkylation sites (tertiary alicyclic amines) is 1. The Balaban J connectivity index is 1.60. The molecule has 2 heterocycles. The summed E-state index contributed by atoms with van der Waals surface area (Å²) in [7, 11) is 0. The SMILES string of the molecule is C[C@H]1CCCC[NH+]1CCC(=O)Nc1sc2c(c1C#N)CCCC2. The number of fused-ring (bicyclic) bond motifs is 1. The van der Waals surface area contributed by atoms with Crippen LogP contribution in [0.25, 0.3) is 0 Å². The van der Waals surface area contributed by atoms with Crippen LogP contribution in [0.4, 0.5) is 5.00 Å². The van der Waals surface area contributed by atoms with Gasteiger partial charge in [-0.3, -0.25) is 4.79 Å². The molecule has 1 saturated heterocycles. The summed E-state index contributed by atoms with van der Waals surface area (Å²) in [5, 5.41) is 13.2. The van der Waals surface area contributed by atoms with Gasteiger partial charge in [-0.2, -0.15) is 5.26 Å². The molecule has 0 saturated carbocycles. The van der Waals surface area contributed by atoms with Gasteiger partial charge in [0.15, 0.2) is 0 Å². The highest BCUT2D eigenvalue weighted by Gasteiger charge is 2.24. The highest BCUT2D eigenvalue weighted by molar-refractivity contribution is 7.16. The number of carbonyl (C=O) groups excluding carboxylic acids is 1.